The van der Waals surface area contributed by atoms with Crippen molar-refractivity contribution in [2.45, 2.75) is 25.8 Å². The number of anilines is 1. The van der Waals surface area contributed by atoms with Crippen LogP contribution in [0.2, 0.25) is 0 Å². The van der Waals surface area contributed by atoms with Crippen LogP contribution in [-0.2, 0) is 6.42 Å². The van der Waals surface area contributed by atoms with E-state index in [-0.39, 0.29) is 0 Å². The van der Waals surface area contributed by atoms with E-state index in [2.05, 4.69) is 58.4 Å². The molecule has 2 heterocycles. The van der Waals surface area contributed by atoms with Crippen molar-refractivity contribution in [3.8, 4) is 0 Å². The van der Waals surface area contributed by atoms with E-state index in [1.54, 1.807) is 0 Å². The molecule has 1 unspecified atom stereocenters. The molecule has 4 nitrogen and oxygen atoms in total. The molecule has 2 rings (SSSR count). The summed E-state index contributed by atoms with van der Waals surface area (Å²) < 4.78 is 0. The maximum atomic E-state index is 4.58. The average Bonchev–Trinajstić information content (AvgIpc) is 2.55. The minimum atomic E-state index is 0.334. The Kier molecular flexibility index (Phi) is 5.69. The first kappa shape index (κ1) is 15.4. The Bertz CT molecular complexity index is 520. The maximum Gasteiger partial charge on any atom is 0.0574 e. The monoisotopic (exact) mass is 284 g/mol. The fourth-order valence-electron chi connectivity index (χ4n) is 2.37. The molecular formula is C17H24N4. The van der Waals surface area contributed by atoms with Crippen LogP contribution in [0.3, 0.4) is 0 Å². The standard InChI is InChI=1S/C17H24N4/c1-4-16(18-2)17-6-5-15(13-20-17)21(3)12-9-14-7-10-19-11-8-14/h5-8,10-11,13,16,18H,4,9,12H2,1-3H3. The van der Waals surface area contributed by atoms with Gasteiger partial charge in [0.1, 0.15) is 0 Å². The number of hydrogen-bond acceptors (Lipinski definition) is 4. The van der Waals surface area contributed by atoms with Crippen molar-refractivity contribution in [1.82, 2.24) is 15.3 Å². The topological polar surface area (TPSA) is 41.0 Å². The van der Waals surface area contributed by atoms with Crippen LogP contribution in [0.5, 0.6) is 0 Å². The van der Waals surface area contributed by atoms with Gasteiger partial charge < -0.3 is 10.2 Å². The Morgan fingerprint density at radius 2 is 1.95 bits per heavy atom. The summed E-state index contributed by atoms with van der Waals surface area (Å²) in [4.78, 5) is 10.9. The number of pyridine rings is 2. The molecule has 0 aromatic carbocycles. The summed E-state index contributed by atoms with van der Waals surface area (Å²) in [6.45, 7) is 3.13. The molecule has 0 saturated heterocycles. The van der Waals surface area contributed by atoms with Crippen LogP contribution in [0, 0.1) is 0 Å². The first-order valence-corrected chi connectivity index (χ1v) is 7.47. The highest BCUT2D eigenvalue weighted by atomic mass is 15.1. The third kappa shape index (κ3) is 4.26. The van der Waals surface area contributed by atoms with Gasteiger partial charge in [0, 0.05) is 32.0 Å². The molecule has 2 aromatic rings. The summed E-state index contributed by atoms with van der Waals surface area (Å²) in [5, 5.41) is 3.28. The summed E-state index contributed by atoms with van der Waals surface area (Å²) in [5.74, 6) is 0. The van der Waals surface area contributed by atoms with Crippen LogP contribution >= 0.6 is 0 Å². The number of nitrogens with one attached hydrogen (secondary N) is 1. The molecule has 0 spiro atoms. The van der Waals surface area contributed by atoms with Crippen LogP contribution in [0.4, 0.5) is 5.69 Å². The van der Waals surface area contributed by atoms with Crippen molar-refractivity contribution in [1.29, 1.82) is 0 Å². The van der Waals surface area contributed by atoms with E-state index in [4.69, 9.17) is 0 Å². The minimum Gasteiger partial charge on any atom is -0.373 e. The third-order valence-corrected chi connectivity index (χ3v) is 3.81. The fraction of sp³-hybridized carbons (Fsp3) is 0.412. The lowest BCUT2D eigenvalue weighted by Gasteiger charge is -2.20. The molecule has 2 aromatic heterocycles. The van der Waals surface area contributed by atoms with Crippen molar-refractivity contribution in [3.05, 3.63) is 54.1 Å². The van der Waals surface area contributed by atoms with E-state index in [0.717, 1.165) is 30.8 Å². The van der Waals surface area contributed by atoms with Crippen molar-refractivity contribution in [2.75, 3.05) is 25.5 Å². The summed E-state index contributed by atoms with van der Waals surface area (Å²) in [6.07, 6.45) is 7.69. The van der Waals surface area contributed by atoms with Gasteiger partial charge in [-0.1, -0.05) is 6.92 Å². The van der Waals surface area contributed by atoms with Gasteiger partial charge in [-0.15, -0.1) is 0 Å². The quantitative estimate of drug-likeness (QED) is 0.849. The largest absolute Gasteiger partial charge is 0.373 e. The average molecular weight is 284 g/mol. The van der Waals surface area contributed by atoms with Crippen molar-refractivity contribution in [3.63, 3.8) is 0 Å². The molecule has 0 radical (unpaired) electrons. The SMILES string of the molecule is CCC(NC)c1ccc(N(C)CCc2ccncc2)cn1. The number of likely N-dealkylation sites (N-methyl/N-ethyl adjacent to an activating group) is 1. The van der Waals surface area contributed by atoms with Gasteiger partial charge in [-0.25, -0.2) is 0 Å². The Morgan fingerprint density at radius 3 is 2.52 bits per heavy atom. The second kappa shape index (κ2) is 7.74. The van der Waals surface area contributed by atoms with Gasteiger partial charge >= 0.3 is 0 Å². The zero-order valence-electron chi connectivity index (χ0n) is 13.1. The van der Waals surface area contributed by atoms with Crippen molar-refractivity contribution < 1.29 is 0 Å². The highest BCUT2D eigenvalue weighted by Gasteiger charge is 2.08. The lowest BCUT2D eigenvalue weighted by Crippen LogP contribution is -2.21. The number of aromatic nitrogens is 2. The van der Waals surface area contributed by atoms with Gasteiger partial charge in [0.05, 0.1) is 17.6 Å². The molecule has 0 amide bonds. The molecule has 1 N–H and O–H groups in total. The van der Waals surface area contributed by atoms with E-state index in [0.29, 0.717) is 6.04 Å². The predicted octanol–water partition coefficient (Wildman–Crippen LogP) is 2.83. The molecule has 112 valence electrons. The normalized spacial score (nSPS) is 12.1. The lowest BCUT2D eigenvalue weighted by molar-refractivity contribution is 0.561. The van der Waals surface area contributed by atoms with Crippen molar-refractivity contribution >= 4 is 5.69 Å². The van der Waals surface area contributed by atoms with Gasteiger partial charge in [-0.3, -0.25) is 9.97 Å². The summed E-state index contributed by atoms with van der Waals surface area (Å²) in [7, 11) is 4.08. The smallest absolute Gasteiger partial charge is 0.0574 e. The van der Waals surface area contributed by atoms with Crippen LogP contribution in [-0.4, -0.2) is 30.6 Å². The van der Waals surface area contributed by atoms with Crippen LogP contribution < -0.4 is 10.2 Å². The van der Waals surface area contributed by atoms with Gasteiger partial charge in [-0.05, 0) is 49.7 Å². The van der Waals surface area contributed by atoms with Crippen LogP contribution in [0.1, 0.15) is 30.6 Å². The van der Waals surface area contributed by atoms with Gasteiger partial charge in [0.2, 0.25) is 0 Å². The van der Waals surface area contributed by atoms with E-state index < -0.39 is 0 Å². The van der Waals surface area contributed by atoms with Crippen LogP contribution in [0.15, 0.2) is 42.9 Å². The lowest BCUT2D eigenvalue weighted by atomic mass is 10.1. The minimum absolute atomic E-state index is 0.334. The number of nitrogens with zero attached hydrogens (tertiary/aromatic N) is 3. The summed E-state index contributed by atoms with van der Waals surface area (Å²) >= 11 is 0. The third-order valence-electron chi connectivity index (χ3n) is 3.81. The van der Waals surface area contributed by atoms with Crippen LogP contribution in [0.25, 0.3) is 0 Å². The second-order valence-corrected chi connectivity index (χ2v) is 5.22. The van der Waals surface area contributed by atoms with Gasteiger partial charge in [0.15, 0.2) is 0 Å². The zero-order valence-corrected chi connectivity index (χ0v) is 13.1. The highest BCUT2D eigenvalue weighted by Crippen LogP contribution is 2.17. The molecule has 0 aliphatic rings. The fourth-order valence-corrected chi connectivity index (χ4v) is 2.37. The van der Waals surface area contributed by atoms with Crippen molar-refractivity contribution in [2.24, 2.45) is 0 Å². The Balaban J connectivity index is 1.95. The predicted molar refractivity (Wildman–Crippen MR) is 87.5 cm³/mol. The van der Waals surface area contributed by atoms with Gasteiger partial charge in [-0.2, -0.15) is 0 Å². The summed E-state index contributed by atoms with van der Waals surface area (Å²) in [6, 6.07) is 8.72. The first-order chi connectivity index (χ1) is 10.2. The molecule has 0 aliphatic carbocycles. The van der Waals surface area contributed by atoms with E-state index in [9.17, 15) is 0 Å². The molecule has 0 aliphatic heterocycles. The van der Waals surface area contributed by atoms with E-state index in [1.165, 1.54) is 5.56 Å². The Labute approximate surface area is 127 Å². The number of rotatable bonds is 7. The Morgan fingerprint density at radius 1 is 1.19 bits per heavy atom. The second-order valence-electron chi connectivity index (χ2n) is 5.22. The number of hydrogen-bond donors (Lipinski definition) is 1. The van der Waals surface area contributed by atoms with E-state index in [1.807, 2.05) is 25.6 Å². The van der Waals surface area contributed by atoms with E-state index >= 15 is 0 Å². The molecule has 1 atom stereocenters. The highest BCUT2D eigenvalue weighted by molar-refractivity contribution is 5.44. The zero-order chi connectivity index (χ0) is 15.1. The molecular weight excluding hydrogens is 260 g/mol. The molecule has 0 saturated carbocycles. The summed E-state index contributed by atoms with van der Waals surface area (Å²) in [5.41, 5.74) is 3.56. The molecule has 0 bridgehead atoms. The maximum absolute atomic E-state index is 4.58. The van der Waals surface area contributed by atoms with Gasteiger partial charge in [0.25, 0.3) is 0 Å². The Hall–Kier alpha value is -1.94. The molecule has 4 heteroatoms. The molecule has 21 heavy (non-hydrogen) atoms. The molecule has 0 fully saturated rings. The first-order valence-electron chi connectivity index (χ1n) is 7.47.